The molecule has 0 saturated carbocycles. The molecule has 0 spiro atoms. The van der Waals surface area contributed by atoms with E-state index in [4.69, 9.17) is 10.5 Å². The first kappa shape index (κ1) is 12.6. The lowest BCUT2D eigenvalue weighted by molar-refractivity contribution is 0.469. The molecule has 1 aromatic heterocycles. The van der Waals surface area contributed by atoms with E-state index in [9.17, 15) is 4.39 Å². The minimum Gasteiger partial charge on any atom is -0.454 e. The zero-order valence-corrected chi connectivity index (χ0v) is 10.3. The minimum atomic E-state index is -0.319. The quantitative estimate of drug-likeness (QED) is 0.885. The zero-order chi connectivity index (χ0) is 13.0. The fraction of sp³-hybridized carbons (Fsp3) is 0.308. The average molecular weight is 249 g/mol. The Morgan fingerprint density at radius 3 is 3.00 bits per heavy atom. The average Bonchev–Trinajstić information content (AvgIpc) is 2.69. The molecule has 0 atom stereocenters. The Balaban J connectivity index is 2.12. The van der Waals surface area contributed by atoms with Crippen LogP contribution in [0.3, 0.4) is 0 Å². The molecule has 2 rings (SSSR count). The smallest absolute Gasteiger partial charge is 0.168 e. The summed E-state index contributed by atoms with van der Waals surface area (Å²) in [6, 6.07) is 6.04. The summed E-state index contributed by atoms with van der Waals surface area (Å²) in [5, 5.41) is 4.21. The molecule has 0 saturated heterocycles. The summed E-state index contributed by atoms with van der Waals surface area (Å²) < 4.78 is 20.5. The van der Waals surface area contributed by atoms with E-state index in [1.807, 2.05) is 11.6 Å². The van der Waals surface area contributed by atoms with Gasteiger partial charge in [-0.1, -0.05) is 6.07 Å². The number of nitrogens with two attached hydrogens (primary N) is 1. The monoisotopic (exact) mass is 249 g/mol. The van der Waals surface area contributed by atoms with Gasteiger partial charge in [-0.2, -0.15) is 5.10 Å². The third-order valence-electron chi connectivity index (χ3n) is 2.66. The SMILES string of the molecule is Cc1c(Oc2cccc(F)c2)cnn1CCCN. The summed E-state index contributed by atoms with van der Waals surface area (Å²) in [5.74, 6) is 0.787. The summed E-state index contributed by atoms with van der Waals surface area (Å²) >= 11 is 0. The van der Waals surface area contributed by atoms with E-state index in [0.29, 0.717) is 18.0 Å². The first-order valence-corrected chi connectivity index (χ1v) is 5.86. The Kier molecular flexibility index (Phi) is 3.94. The second-order valence-electron chi connectivity index (χ2n) is 4.02. The molecule has 5 heteroatoms. The largest absolute Gasteiger partial charge is 0.454 e. The highest BCUT2D eigenvalue weighted by Crippen LogP contribution is 2.24. The highest BCUT2D eigenvalue weighted by Gasteiger charge is 2.08. The van der Waals surface area contributed by atoms with Gasteiger partial charge in [0, 0.05) is 12.6 Å². The van der Waals surface area contributed by atoms with Crippen LogP contribution in [0.1, 0.15) is 12.1 Å². The Hall–Kier alpha value is -1.88. The molecular formula is C13H16FN3O. The Labute approximate surface area is 105 Å². The number of hydrogen-bond donors (Lipinski definition) is 1. The van der Waals surface area contributed by atoms with Crippen LogP contribution in [-0.4, -0.2) is 16.3 Å². The van der Waals surface area contributed by atoms with Gasteiger partial charge in [0.2, 0.25) is 0 Å². The van der Waals surface area contributed by atoms with Gasteiger partial charge in [0.25, 0.3) is 0 Å². The maximum absolute atomic E-state index is 13.0. The molecular weight excluding hydrogens is 233 g/mol. The van der Waals surface area contributed by atoms with Crippen LogP contribution >= 0.6 is 0 Å². The van der Waals surface area contributed by atoms with Crippen molar-refractivity contribution >= 4 is 0 Å². The molecule has 0 aliphatic carbocycles. The van der Waals surface area contributed by atoms with E-state index in [-0.39, 0.29) is 5.82 Å². The van der Waals surface area contributed by atoms with Gasteiger partial charge in [0.05, 0.1) is 11.9 Å². The normalized spacial score (nSPS) is 10.6. The van der Waals surface area contributed by atoms with Crippen molar-refractivity contribution in [3.63, 3.8) is 0 Å². The first-order valence-electron chi connectivity index (χ1n) is 5.86. The molecule has 1 aromatic carbocycles. The molecule has 0 aliphatic heterocycles. The number of halogens is 1. The van der Waals surface area contributed by atoms with Crippen molar-refractivity contribution < 1.29 is 9.13 Å². The molecule has 96 valence electrons. The fourth-order valence-electron chi connectivity index (χ4n) is 1.65. The van der Waals surface area contributed by atoms with E-state index < -0.39 is 0 Å². The molecule has 0 aliphatic rings. The number of hydrogen-bond acceptors (Lipinski definition) is 3. The van der Waals surface area contributed by atoms with Crippen LogP contribution < -0.4 is 10.5 Å². The molecule has 2 aromatic rings. The molecule has 0 bridgehead atoms. The third-order valence-corrected chi connectivity index (χ3v) is 2.66. The number of aryl methyl sites for hydroxylation is 1. The highest BCUT2D eigenvalue weighted by molar-refractivity contribution is 5.32. The van der Waals surface area contributed by atoms with Crippen molar-refractivity contribution in [3.05, 3.63) is 42.0 Å². The summed E-state index contributed by atoms with van der Waals surface area (Å²) in [4.78, 5) is 0. The van der Waals surface area contributed by atoms with Crippen molar-refractivity contribution in [3.8, 4) is 11.5 Å². The van der Waals surface area contributed by atoms with Gasteiger partial charge in [-0.05, 0) is 32.0 Å². The number of aromatic nitrogens is 2. The lowest BCUT2D eigenvalue weighted by Gasteiger charge is -2.06. The summed E-state index contributed by atoms with van der Waals surface area (Å²) in [6.07, 6.45) is 2.50. The number of rotatable bonds is 5. The van der Waals surface area contributed by atoms with Crippen LogP contribution in [0.2, 0.25) is 0 Å². The van der Waals surface area contributed by atoms with Gasteiger partial charge in [0.1, 0.15) is 11.6 Å². The van der Waals surface area contributed by atoms with Crippen LogP contribution in [0.15, 0.2) is 30.5 Å². The van der Waals surface area contributed by atoms with E-state index in [1.165, 1.54) is 12.1 Å². The standard InChI is InChI=1S/C13H16FN3O/c1-10-13(9-16-17(10)7-3-6-15)18-12-5-2-4-11(14)8-12/h2,4-5,8-9H,3,6-7,15H2,1H3. The van der Waals surface area contributed by atoms with Gasteiger partial charge in [0.15, 0.2) is 5.75 Å². The van der Waals surface area contributed by atoms with E-state index >= 15 is 0 Å². The van der Waals surface area contributed by atoms with Crippen LogP contribution in [0.4, 0.5) is 4.39 Å². The molecule has 0 radical (unpaired) electrons. The molecule has 0 fully saturated rings. The van der Waals surface area contributed by atoms with Crippen LogP contribution in [-0.2, 0) is 6.54 Å². The van der Waals surface area contributed by atoms with Gasteiger partial charge in [-0.15, -0.1) is 0 Å². The summed E-state index contributed by atoms with van der Waals surface area (Å²) in [5.41, 5.74) is 6.37. The topological polar surface area (TPSA) is 53.1 Å². The van der Waals surface area contributed by atoms with Gasteiger partial charge in [-0.25, -0.2) is 4.39 Å². The van der Waals surface area contributed by atoms with Crippen molar-refractivity contribution in [1.29, 1.82) is 0 Å². The lowest BCUT2D eigenvalue weighted by Crippen LogP contribution is -2.08. The van der Waals surface area contributed by atoms with Crippen LogP contribution in [0.25, 0.3) is 0 Å². The van der Waals surface area contributed by atoms with Crippen LogP contribution in [0.5, 0.6) is 11.5 Å². The number of nitrogens with zero attached hydrogens (tertiary/aromatic N) is 2. The number of benzene rings is 1. The molecule has 0 unspecified atom stereocenters. The second kappa shape index (κ2) is 5.64. The van der Waals surface area contributed by atoms with Crippen molar-refractivity contribution in [1.82, 2.24) is 9.78 Å². The molecule has 0 amide bonds. The molecule has 2 N–H and O–H groups in total. The van der Waals surface area contributed by atoms with Gasteiger partial charge >= 0.3 is 0 Å². The van der Waals surface area contributed by atoms with Gasteiger partial charge in [-0.3, -0.25) is 4.68 Å². The number of ether oxygens (including phenoxy) is 1. The summed E-state index contributed by atoms with van der Waals surface area (Å²) in [6.45, 7) is 3.30. The van der Waals surface area contributed by atoms with Crippen molar-refractivity contribution in [2.24, 2.45) is 5.73 Å². The second-order valence-corrected chi connectivity index (χ2v) is 4.02. The first-order chi connectivity index (χ1) is 8.70. The maximum Gasteiger partial charge on any atom is 0.168 e. The zero-order valence-electron chi connectivity index (χ0n) is 10.3. The lowest BCUT2D eigenvalue weighted by atomic mass is 10.3. The predicted molar refractivity (Wildman–Crippen MR) is 67.1 cm³/mol. The van der Waals surface area contributed by atoms with Crippen molar-refractivity contribution in [2.75, 3.05) is 6.54 Å². The molecule has 4 nitrogen and oxygen atoms in total. The summed E-state index contributed by atoms with van der Waals surface area (Å²) in [7, 11) is 0. The Morgan fingerprint density at radius 2 is 2.28 bits per heavy atom. The fourth-order valence-corrected chi connectivity index (χ4v) is 1.65. The van der Waals surface area contributed by atoms with E-state index in [2.05, 4.69) is 5.10 Å². The maximum atomic E-state index is 13.0. The molecule has 18 heavy (non-hydrogen) atoms. The van der Waals surface area contributed by atoms with Gasteiger partial charge < -0.3 is 10.5 Å². The third kappa shape index (κ3) is 2.87. The Morgan fingerprint density at radius 1 is 1.44 bits per heavy atom. The highest BCUT2D eigenvalue weighted by atomic mass is 19.1. The Bertz CT molecular complexity index is 525. The van der Waals surface area contributed by atoms with Crippen LogP contribution in [0, 0.1) is 12.7 Å². The molecule has 1 heterocycles. The van der Waals surface area contributed by atoms with E-state index in [1.54, 1.807) is 18.3 Å². The minimum absolute atomic E-state index is 0.319. The predicted octanol–water partition coefficient (Wildman–Crippen LogP) is 2.47. The van der Waals surface area contributed by atoms with E-state index in [0.717, 1.165) is 18.7 Å². The van der Waals surface area contributed by atoms with Crippen molar-refractivity contribution in [2.45, 2.75) is 19.9 Å².